The number of ether oxygens (including phenoxy) is 1. The van der Waals surface area contributed by atoms with Crippen molar-refractivity contribution in [1.29, 1.82) is 0 Å². The van der Waals surface area contributed by atoms with Gasteiger partial charge in [0, 0.05) is 43.5 Å². The van der Waals surface area contributed by atoms with Crippen LogP contribution in [-0.2, 0) is 11.3 Å². The fourth-order valence-corrected chi connectivity index (χ4v) is 2.48. The van der Waals surface area contributed by atoms with Crippen molar-refractivity contribution in [1.82, 2.24) is 25.6 Å². The Labute approximate surface area is 134 Å². The minimum Gasteiger partial charge on any atom is -0.376 e. The molecule has 0 bridgehead atoms. The van der Waals surface area contributed by atoms with Crippen molar-refractivity contribution in [2.75, 3.05) is 13.2 Å². The predicted octanol–water partition coefficient (Wildman–Crippen LogP) is 1.52. The van der Waals surface area contributed by atoms with Gasteiger partial charge in [0.15, 0.2) is 0 Å². The molecule has 1 unspecified atom stereocenters. The number of aromatic nitrogens is 3. The van der Waals surface area contributed by atoms with E-state index >= 15 is 0 Å². The zero-order valence-corrected chi connectivity index (χ0v) is 12.7. The molecule has 2 N–H and O–H groups in total. The monoisotopic (exact) mass is 313 g/mol. The highest BCUT2D eigenvalue weighted by Gasteiger charge is 2.16. The topological polar surface area (TPSA) is 89.0 Å². The molecular weight excluding hydrogens is 294 g/mol. The van der Waals surface area contributed by atoms with Gasteiger partial charge in [-0.2, -0.15) is 0 Å². The summed E-state index contributed by atoms with van der Waals surface area (Å²) in [5.74, 6) is 0. The van der Waals surface area contributed by atoms with Crippen LogP contribution in [0.2, 0.25) is 0 Å². The van der Waals surface area contributed by atoms with E-state index in [0.717, 1.165) is 30.7 Å². The number of carbonyl (C=O) groups excluding carboxylic acids is 1. The second-order valence-electron chi connectivity index (χ2n) is 5.29. The molecule has 0 radical (unpaired) electrons. The lowest BCUT2D eigenvalue weighted by molar-refractivity contribution is 0.111. The fraction of sp³-hybridized carbons (Fsp3) is 0.375. The summed E-state index contributed by atoms with van der Waals surface area (Å²) in [6.07, 6.45) is 8.85. The van der Waals surface area contributed by atoms with E-state index in [1.807, 2.05) is 12.1 Å². The standard InChI is InChI=1S/C16H19N5O2/c22-16(20-10-13-4-2-8-23-13)21-11-14-15(19-7-6-18-14)12-3-1-5-17-9-12/h1,3,5-7,9,13H,2,4,8,10-11H2,(H2,20,21,22). The van der Waals surface area contributed by atoms with Crippen LogP contribution in [-0.4, -0.2) is 40.2 Å². The summed E-state index contributed by atoms with van der Waals surface area (Å²) in [7, 11) is 0. The van der Waals surface area contributed by atoms with Crippen molar-refractivity contribution in [3.05, 3.63) is 42.6 Å². The van der Waals surface area contributed by atoms with Crippen molar-refractivity contribution in [3.63, 3.8) is 0 Å². The average Bonchev–Trinajstić information content (AvgIpc) is 3.13. The van der Waals surface area contributed by atoms with Gasteiger partial charge in [0.2, 0.25) is 0 Å². The second-order valence-corrected chi connectivity index (χ2v) is 5.29. The van der Waals surface area contributed by atoms with E-state index in [1.54, 1.807) is 24.8 Å². The second kappa shape index (κ2) is 7.64. The number of urea groups is 1. The van der Waals surface area contributed by atoms with Crippen LogP contribution in [0, 0.1) is 0 Å². The third-order valence-electron chi connectivity index (χ3n) is 3.64. The first-order valence-corrected chi connectivity index (χ1v) is 7.66. The molecule has 2 aromatic heterocycles. The van der Waals surface area contributed by atoms with Gasteiger partial charge in [-0.15, -0.1) is 0 Å². The maximum atomic E-state index is 11.9. The van der Waals surface area contributed by atoms with E-state index in [9.17, 15) is 4.79 Å². The molecule has 0 aromatic carbocycles. The molecular formula is C16H19N5O2. The molecule has 3 heterocycles. The molecule has 1 aliphatic rings. The molecule has 1 fully saturated rings. The van der Waals surface area contributed by atoms with E-state index in [-0.39, 0.29) is 12.1 Å². The Bertz CT molecular complexity index is 644. The van der Waals surface area contributed by atoms with E-state index in [1.165, 1.54) is 0 Å². The lowest BCUT2D eigenvalue weighted by Gasteiger charge is -2.12. The largest absolute Gasteiger partial charge is 0.376 e. The average molecular weight is 313 g/mol. The van der Waals surface area contributed by atoms with Gasteiger partial charge in [0.25, 0.3) is 0 Å². The van der Waals surface area contributed by atoms with Crippen LogP contribution in [0.4, 0.5) is 4.79 Å². The maximum Gasteiger partial charge on any atom is 0.315 e. The molecule has 120 valence electrons. The van der Waals surface area contributed by atoms with Gasteiger partial charge >= 0.3 is 6.03 Å². The Hall–Kier alpha value is -2.54. The smallest absolute Gasteiger partial charge is 0.315 e. The first-order valence-electron chi connectivity index (χ1n) is 7.66. The summed E-state index contributed by atoms with van der Waals surface area (Å²) in [6.45, 7) is 1.61. The van der Waals surface area contributed by atoms with E-state index in [0.29, 0.717) is 18.8 Å². The Balaban J connectivity index is 1.56. The Kier molecular flexibility index (Phi) is 5.10. The lowest BCUT2D eigenvalue weighted by Crippen LogP contribution is -2.39. The molecule has 7 heteroatoms. The molecule has 7 nitrogen and oxygen atoms in total. The minimum absolute atomic E-state index is 0.128. The van der Waals surface area contributed by atoms with Gasteiger partial charge in [0.1, 0.15) is 0 Å². The number of nitrogens with zero attached hydrogens (tertiary/aromatic N) is 3. The van der Waals surface area contributed by atoms with Crippen LogP contribution in [0.5, 0.6) is 0 Å². The van der Waals surface area contributed by atoms with Crippen molar-refractivity contribution in [2.24, 2.45) is 0 Å². The van der Waals surface area contributed by atoms with Crippen molar-refractivity contribution in [3.8, 4) is 11.3 Å². The quantitative estimate of drug-likeness (QED) is 0.873. The summed E-state index contributed by atoms with van der Waals surface area (Å²) in [6, 6.07) is 3.52. The highest BCUT2D eigenvalue weighted by Crippen LogP contribution is 2.17. The van der Waals surface area contributed by atoms with Crippen LogP contribution in [0.15, 0.2) is 36.9 Å². The van der Waals surface area contributed by atoms with Gasteiger partial charge in [-0.1, -0.05) is 0 Å². The van der Waals surface area contributed by atoms with Gasteiger partial charge in [-0.25, -0.2) is 4.79 Å². The number of amides is 2. The third kappa shape index (κ3) is 4.23. The SMILES string of the molecule is O=C(NCc1nccnc1-c1cccnc1)NCC1CCCO1. The van der Waals surface area contributed by atoms with Crippen LogP contribution in [0.1, 0.15) is 18.5 Å². The summed E-state index contributed by atoms with van der Waals surface area (Å²) < 4.78 is 5.47. The number of nitrogens with one attached hydrogen (secondary N) is 2. The number of hydrogen-bond acceptors (Lipinski definition) is 5. The number of carbonyl (C=O) groups is 1. The maximum absolute atomic E-state index is 11.9. The minimum atomic E-state index is -0.233. The predicted molar refractivity (Wildman–Crippen MR) is 84.5 cm³/mol. The lowest BCUT2D eigenvalue weighted by atomic mass is 10.1. The molecule has 2 aromatic rings. The van der Waals surface area contributed by atoms with E-state index < -0.39 is 0 Å². The zero-order chi connectivity index (χ0) is 15.9. The van der Waals surface area contributed by atoms with Crippen molar-refractivity contribution >= 4 is 6.03 Å². The Morgan fingerprint density at radius 1 is 1.26 bits per heavy atom. The van der Waals surface area contributed by atoms with Gasteiger partial charge in [0.05, 0.1) is 24.0 Å². The normalized spacial score (nSPS) is 17.0. The molecule has 23 heavy (non-hydrogen) atoms. The summed E-state index contributed by atoms with van der Waals surface area (Å²) in [5, 5.41) is 5.62. The molecule has 1 aliphatic heterocycles. The van der Waals surface area contributed by atoms with Crippen LogP contribution in [0.25, 0.3) is 11.3 Å². The summed E-state index contributed by atoms with van der Waals surface area (Å²) in [5.41, 5.74) is 2.30. The summed E-state index contributed by atoms with van der Waals surface area (Å²) in [4.78, 5) is 24.6. The first-order chi connectivity index (χ1) is 11.3. The van der Waals surface area contributed by atoms with Gasteiger partial charge in [-0.3, -0.25) is 15.0 Å². The number of rotatable bonds is 5. The molecule has 1 atom stereocenters. The Morgan fingerprint density at radius 2 is 2.17 bits per heavy atom. The highest BCUT2D eigenvalue weighted by molar-refractivity contribution is 5.74. The third-order valence-corrected chi connectivity index (χ3v) is 3.64. The molecule has 2 amide bonds. The van der Waals surface area contributed by atoms with Gasteiger partial charge < -0.3 is 15.4 Å². The molecule has 1 saturated heterocycles. The van der Waals surface area contributed by atoms with Crippen LogP contribution < -0.4 is 10.6 Å². The fourth-order valence-electron chi connectivity index (χ4n) is 2.48. The molecule has 0 aliphatic carbocycles. The van der Waals surface area contributed by atoms with E-state index in [2.05, 4.69) is 25.6 Å². The molecule has 3 rings (SSSR count). The molecule has 0 saturated carbocycles. The first kappa shape index (κ1) is 15.4. The zero-order valence-electron chi connectivity index (χ0n) is 12.7. The number of hydrogen-bond donors (Lipinski definition) is 2. The van der Waals surface area contributed by atoms with Gasteiger partial charge in [-0.05, 0) is 25.0 Å². The highest BCUT2D eigenvalue weighted by atomic mass is 16.5. The van der Waals surface area contributed by atoms with Crippen LogP contribution in [0.3, 0.4) is 0 Å². The Morgan fingerprint density at radius 3 is 2.96 bits per heavy atom. The van der Waals surface area contributed by atoms with Crippen LogP contribution >= 0.6 is 0 Å². The summed E-state index contributed by atoms with van der Waals surface area (Å²) >= 11 is 0. The van der Waals surface area contributed by atoms with Crippen molar-refractivity contribution in [2.45, 2.75) is 25.5 Å². The van der Waals surface area contributed by atoms with Crippen molar-refractivity contribution < 1.29 is 9.53 Å². The number of pyridine rings is 1. The molecule has 0 spiro atoms. The van der Waals surface area contributed by atoms with E-state index in [4.69, 9.17) is 4.74 Å².